The molecule has 3 rings (SSSR count). The minimum Gasteiger partial charge on any atom is -0.368 e. The summed E-state index contributed by atoms with van der Waals surface area (Å²) in [6.07, 6.45) is 5.38. The zero-order chi connectivity index (χ0) is 15.7. The third-order valence-corrected chi connectivity index (χ3v) is 3.66. The third kappa shape index (κ3) is 2.98. The van der Waals surface area contributed by atoms with Crippen LogP contribution in [-0.4, -0.2) is 21.0 Å². The van der Waals surface area contributed by atoms with E-state index in [1.807, 2.05) is 0 Å². The van der Waals surface area contributed by atoms with E-state index in [0.29, 0.717) is 33.7 Å². The Hall–Kier alpha value is -2.31. The van der Waals surface area contributed by atoms with Gasteiger partial charge in [0.25, 0.3) is 0 Å². The fraction of sp³-hybridized carbons (Fsp3) is 0.0714. The van der Waals surface area contributed by atoms with Gasteiger partial charge in [0.1, 0.15) is 0 Å². The Kier molecular flexibility index (Phi) is 3.87. The molecule has 2 aromatic rings. The lowest BCUT2D eigenvalue weighted by Gasteiger charge is -2.13. The van der Waals surface area contributed by atoms with Gasteiger partial charge in [0.15, 0.2) is 5.78 Å². The molecule has 6 nitrogen and oxygen atoms in total. The fourth-order valence-electron chi connectivity index (χ4n) is 2.10. The van der Waals surface area contributed by atoms with Crippen LogP contribution in [0.1, 0.15) is 12.0 Å². The van der Waals surface area contributed by atoms with Gasteiger partial charge in [0, 0.05) is 17.7 Å². The second-order valence-electron chi connectivity index (χ2n) is 4.65. The number of aromatic amines is 1. The molecule has 0 spiro atoms. The Morgan fingerprint density at radius 1 is 1.23 bits per heavy atom. The lowest BCUT2D eigenvalue weighted by molar-refractivity contribution is -0.113. The first kappa shape index (κ1) is 14.6. The van der Waals surface area contributed by atoms with Gasteiger partial charge in [0.2, 0.25) is 11.9 Å². The molecular weight excluding hydrogens is 325 g/mol. The van der Waals surface area contributed by atoms with Crippen LogP contribution in [0.4, 0.5) is 17.6 Å². The molecule has 4 N–H and O–H groups in total. The van der Waals surface area contributed by atoms with E-state index in [9.17, 15) is 4.79 Å². The Morgan fingerprint density at radius 2 is 1.95 bits per heavy atom. The van der Waals surface area contributed by atoms with Crippen molar-refractivity contribution in [2.75, 3.05) is 11.1 Å². The summed E-state index contributed by atoms with van der Waals surface area (Å²) in [6, 6.07) is 3.42. The van der Waals surface area contributed by atoms with E-state index in [2.05, 4.69) is 20.5 Å². The van der Waals surface area contributed by atoms with Crippen molar-refractivity contribution in [2.45, 2.75) is 6.42 Å². The van der Waals surface area contributed by atoms with Gasteiger partial charge < -0.3 is 11.1 Å². The average Bonchev–Trinajstić information content (AvgIpc) is 2.85. The number of nitrogen functional groups attached to an aromatic ring is 1. The van der Waals surface area contributed by atoms with Crippen LogP contribution in [0, 0.1) is 0 Å². The quantitative estimate of drug-likeness (QED) is 0.799. The number of benzene rings is 1. The molecule has 1 aliphatic rings. The summed E-state index contributed by atoms with van der Waals surface area (Å²) in [6.45, 7) is 0. The van der Waals surface area contributed by atoms with Crippen LogP contribution >= 0.6 is 23.2 Å². The summed E-state index contributed by atoms with van der Waals surface area (Å²) in [5, 5.41) is 10.3. The summed E-state index contributed by atoms with van der Waals surface area (Å²) in [5.41, 5.74) is 7.60. The van der Waals surface area contributed by atoms with E-state index >= 15 is 0 Å². The highest BCUT2D eigenvalue weighted by molar-refractivity contribution is 6.38. The van der Waals surface area contributed by atoms with Crippen molar-refractivity contribution in [2.24, 2.45) is 0 Å². The summed E-state index contributed by atoms with van der Waals surface area (Å²) in [4.78, 5) is 15.2. The molecule has 0 unspecified atom stereocenters. The van der Waals surface area contributed by atoms with Crippen LogP contribution in [0.15, 0.2) is 30.4 Å². The molecule has 0 saturated carbocycles. The van der Waals surface area contributed by atoms with Crippen molar-refractivity contribution < 1.29 is 4.79 Å². The largest absolute Gasteiger partial charge is 0.368 e. The molecule has 1 aliphatic carbocycles. The summed E-state index contributed by atoms with van der Waals surface area (Å²) >= 11 is 12.6. The topological polar surface area (TPSA) is 96.7 Å². The maximum atomic E-state index is 11.2. The Balaban J connectivity index is 1.91. The number of rotatable bonds is 3. The maximum Gasteiger partial charge on any atom is 0.248 e. The number of hydrogen-bond acceptors (Lipinski definition) is 5. The maximum absolute atomic E-state index is 11.2. The summed E-state index contributed by atoms with van der Waals surface area (Å²) < 4.78 is 0. The third-order valence-electron chi connectivity index (χ3n) is 3.06. The number of ketones is 1. The molecule has 1 aromatic carbocycles. The highest BCUT2D eigenvalue weighted by atomic mass is 35.5. The van der Waals surface area contributed by atoms with Crippen LogP contribution in [-0.2, 0) is 4.79 Å². The van der Waals surface area contributed by atoms with Crippen molar-refractivity contribution in [1.29, 1.82) is 0 Å². The monoisotopic (exact) mass is 335 g/mol. The molecule has 0 bridgehead atoms. The van der Waals surface area contributed by atoms with Gasteiger partial charge >= 0.3 is 0 Å². The zero-order valence-electron chi connectivity index (χ0n) is 11.2. The number of aromatic nitrogens is 3. The van der Waals surface area contributed by atoms with Crippen LogP contribution in [0.2, 0.25) is 10.0 Å². The SMILES string of the molecule is Nc1nc(Nc2cc(Cl)c(C3=CCC(=O)C=C3)c(Cl)c2)n[nH]1. The predicted octanol–water partition coefficient (Wildman–Crippen LogP) is 3.35. The number of allylic oxidation sites excluding steroid dienone is 4. The van der Waals surface area contributed by atoms with E-state index in [1.165, 1.54) is 6.08 Å². The predicted molar refractivity (Wildman–Crippen MR) is 87.3 cm³/mol. The van der Waals surface area contributed by atoms with Crippen molar-refractivity contribution >= 4 is 52.1 Å². The number of halogens is 2. The van der Waals surface area contributed by atoms with Gasteiger partial charge in [-0.05, 0) is 23.8 Å². The molecule has 0 atom stereocenters. The fourth-order valence-corrected chi connectivity index (χ4v) is 2.80. The zero-order valence-corrected chi connectivity index (χ0v) is 12.7. The van der Waals surface area contributed by atoms with Crippen molar-refractivity contribution in [3.63, 3.8) is 0 Å². The van der Waals surface area contributed by atoms with Crippen molar-refractivity contribution in [1.82, 2.24) is 15.2 Å². The van der Waals surface area contributed by atoms with Gasteiger partial charge in [0.05, 0.1) is 10.0 Å². The first-order chi connectivity index (χ1) is 10.5. The highest BCUT2D eigenvalue weighted by Crippen LogP contribution is 2.36. The second-order valence-corrected chi connectivity index (χ2v) is 5.46. The number of H-pyrrole nitrogens is 1. The summed E-state index contributed by atoms with van der Waals surface area (Å²) in [5.74, 6) is 0.578. The molecule has 0 fully saturated rings. The van der Waals surface area contributed by atoms with E-state index in [0.717, 1.165) is 5.57 Å². The minimum atomic E-state index is 0.0523. The number of carbonyl (C=O) groups is 1. The van der Waals surface area contributed by atoms with E-state index < -0.39 is 0 Å². The van der Waals surface area contributed by atoms with Crippen LogP contribution in [0.25, 0.3) is 5.57 Å². The molecule has 112 valence electrons. The standard InChI is InChI=1S/C14H11Cl2N5O/c15-10-5-8(18-14-19-13(17)20-21-14)6-11(16)12(10)7-1-3-9(22)4-2-7/h1-3,5-6H,4H2,(H4,17,18,19,20,21). The molecule has 0 radical (unpaired) electrons. The first-order valence-electron chi connectivity index (χ1n) is 6.38. The first-order valence-corrected chi connectivity index (χ1v) is 7.14. The van der Waals surface area contributed by atoms with Gasteiger partial charge in [-0.25, -0.2) is 5.10 Å². The van der Waals surface area contributed by atoms with Gasteiger partial charge in [-0.15, -0.1) is 5.10 Å². The van der Waals surface area contributed by atoms with Gasteiger partial charge in [-0.1, -0.05) is 35.4 Å². The van der Waals surface area contributed by atoms with E-state index in [-0.39, 0.29) is 11.7 Å². The highest BCUT2D eigenvalue weighted by Gasteiger charge is 2.14. The molecule has 0 saturated heterocycles. The van der Waals surface area contributed by atoms with Crippen LogP contribution in [0.5, 0.6) is 0 Å². The minimum absolute atomic E-state index is 0.0523. The lowest BCUT2D eigenvalue weighted by atomic mass is 9.98. The van der Waals surface area contributed by atoms with Crippen molar-refractivity contribution in [3.05, 3.63) is 46.0 Å². The van der Waals surface area contributed by atoms with Crippen LogP contribution in [0.3, 0.4) is 0 Å². The van der Waals surface area contributed by atoms with Gasteiger partial charge in [-0.2, -0.15) is 4.98 Å². The molecule has 0 amide bonds. The lowest BCUT2D eigenvalue weighted by Crippen LogP contribution is -1.99. The number of carbonyl (C=O) groups excluding carboxylic acids is 1. The normalized spacial score (nSPS) is 14.1. The van der Waals surface area contributed by atoms with E-state index in [1.54, 1.807) is 24.3 Å². The molecule has 1 heterocycles. The second kappa shape index (κ2) is 5.82. The molecule has 8 heteroatoms. The Labute approximate surface area is 136 Å². The molecular formula is C14H11Cl2N5O. The molecule has 1 aromatic heterocycles. The molecule has 0 aliphatic heterocycles. The van der Waals surface area contributed by atoms with Crippen molar-refractivity contribution in [3.8, 4) is 0 Å². The van der Waals surface area contributed by atoms with E-state index in [4.69, 9.17) is 28.9 Å². The number of hydrogen-bond donors (Lipinski definition) is 3. The Morgan fingerprint density at radius 3 is 2.50 bits per heavy atom. The smallest absolute Gasteiger partial charge is 0.248 e. The number of nitrogens with one attached hydrogen (secondary N) is 2. The molecule has 22 heavy (non-hydrogen) atoms. The number of anilines is 3. The summed E-state index contributed by atoms with van der Waals surface area (Å²) in [7, 11) is 0. The number of nitrogens with two attached hydrogens (primary N) is 1. The Bertz CT molecular complexity index is 786. The number of nitrogens with zero attached hydrogens (tertiary/aromatic N) is 2. The average molecular weight is 336 g/mol. The van der Waals surface area contributed by atoms with Gasteiger partial charge in [-0.3, -0.25) is 4.79 Å². The van der Waals surface area contributed by atoms with Crippen LogP contribution < -0.4 is 11.1 Å².